The number of nitrogens with zero attached hydrogens (tertiary/aromatic N) is 1. The molecule has 3 N–H and O–H groups in total. The Morgan fingerprint density at radius 3 is 2.62 bits per heavy atom. The number of halogens is 1. The number of hydrogen-bond acceptors (Lipinski definition) is 3. The van der Waals surface area contributed by atoms with Gasteiger partial charge in [0, 0.05) is 13.1 Å². The van der Waals surface area contributed by atoms with E-state index in [1.165, 1.54) is 4.90 Å². The Morgan fingerprint density at radius 2 is 2.05 bits per heavy atom. The molecule has 0 aliphatic carbocycles. The molecule has 0 saturated carbocycles. The molecule has 0 radical (unpaired) electrons. The van der Waals surface area contributed by atoms with Gasteiger partial charge in [0.15, 0.2) is 0 Å². The highest BCUT2D eigenvalue weighted by Gasteiger charge is 2.17. The van der Waals surface area contributed by atoms with Crippen LogP contribution in [-0.2, 0) is 0 Å². The molecular formula is C14H19FN2O4. The number of hydrogen-bond donors (Lipinski definition) is 3. The molecule has 0 spiro atoms. The standard InChI is InChI=1S/C14H19FN2O4/c1-2-3-6-17(7-8-18)14(21)16-12-9-10(15)4-5-11(12)13(19)20/h4-5,9,18H,2-3,6-8H2,1H3,(H,16,21)(H,19,20). The van der Waals surface area contributed by atoms with E-state index in [0.717, 1.165) is 31.0 Å². The highest BCUT2D eigenvalue weighted by molar-refractivity contribution is 6.00. The topological polar surface area (TPSA) is 89.9 Å². The summed E-state index contributed by atoms with van der Waals surface area (Å²) in [6.07, 6.45) is 1.62. The second-order valence-corrected chi connectivity index (χ2v) is 4.49. The number of aliphatic hydroxyl groups is 1. The summed E-state index contributed by atoms with van der Waals surface area (Å²) in [7, 11) is 0. The van der Waals surface area contributed by atoms with Crippen LogP contribution in [0.1, 0.15) is 30.1 Å². The number of carbonyl (C=O) groups is 2. The van der Waals surface area contributed by atoms with E-state index < -0.39 is 17.8 Å². The molecule has 0 aromatic heterocycles. The summed E-state index contributed by atoms with van der Waals surface area (Å²) in [4.78, 5) is 24.5. The van der Waals surface area contributed by atoms with Crippen molar-refractivity contribution in [3.8, 4) is 0 Å². The molecule has 1 rings (SSSR count). The minimum Gasteiger partial charge on any atom is -0.478 e. The van der Waals surface area contributed by atoms with Crippen LogP contribution < -0.4 is 5.32 Å². The van der Waals surface area contributed by atoms with Crippen molar-refractivity contribution < 1.29 is 24.2 Å². The van der Waals surface area contributed by atoms with E-state index in [2.05, 4.69) is 5.32 Å². The maximum atomic E-state index is 13.2. The van der Waals surface area contributed by atoms with Crippen molar-refractivity contribution in [2.24, 2.45) is 0 Å². The second kappa shape index (κ2) is 8.21. The summed E-state index contributed by atoms with van der Waals surface area (Å²) in [6.45, 7) is 2.32. The Hall–Kier alpha value is -2.15. The molecular weight excluding hydrogens is 279 g/mol. The first-order valence-electron chi connectivity index (χ1n) is 6.69. The van der Waals surface area contributed by atoms with Crippen LogP contribution in [0.15, 0.2) is 18.2 Å². The zero-order chi connectivity index (χ0) is 15.8. The van der Waals surface area contributed by atoms with Gasteiger partial charge in [-0.15, -0.1) is 0 Å². The molecule has 0 unspecified atom stereocenters. The average Bonchev–Trinajstić information content (AvgIpc) is 2.43. The molecule has 1 aromatic carbocycles. The first-order valence-corrected chi connectivity index (χ1v) is 6.69. The highest BCUT2D eigenvalue weighted by Crippen LogP contribution is 2.18. The van der Waals surface area contributed by atoms with Crippen molar-refractivity contribution >= 4 is 17.7 Å². The lowest BCUT2D eigenvalue weighted by molar-refractivity contribution is 0.0698. The first-order chi connectivity index (χ1) is 9.99. The molecule has 0 bridgehead atoms. The van der Waals surface area contributed by atoms with Gasteiger partial charge in [0.2, 0.25) is 0 Å². The number of unbranched alkanes of at least 4 members (excludes halogenated alkanes) is 1. The molecule has 2 amide bonds. The number of carboxylic acid groups (broad SMARTS) is 1. The lowest BCUT2D eigenvalue weighted by Crippen LogP contribution is -2.38. The van der Waals surface area contributed by atoms with Gasteiger partial charge in [-0.3, -0.25) is 0 Å². The van der Waals surface area contributed by atoms with E-state index in [1.54, 1.807) is 0 Å². The minimum absolute atomic E-state index is 0.105. The van der Waals surface area contributed by atoms with Crippen molar-refractivity contribution in [3.05, 3.63) is 29.6 Å². The number of amides is 2. The summed E-state index contributed by atoms with van der Waals surface area (Å²) >= 11 is 0. The molecule has 0 fully saturated rings. The second-order valence-electron chi connectivity index (χ2n) is 4.49. The predicted molar refractivity (Wildman–Crippen MR) is 75.9 cm³/mol. The summed E-state index contributed by atoms with van der Waals surface area (Å²) in [5.41, 5.74) is -0.295. The molecule has 0 saturated heterocycles. The van der Waals surface area contributed by atoms with Gasteiger partial charge < -0.3 is 20.4 Å². The number of carbonyl (C=O) groups excluding carboxylic acids is 1. The normalized spacial score (nSPS) is 10.2. The molecule has 1 aromatic rings. The van der Waals surface area contributed by atoms with Crippen LogP contribution in [0.5, 0.6) is 0 Å². The third kappa shape index (κ3) is 5.03. The number of aliphatic hydroxyl groups excluding tert-OH is 1. The molecule has 0 aliphatic heterocycles. The fourth-order valence-corrected chi connectivity index (χ4v) is 1.79. The third-order valence-electron chi connectivity index (χ3n) is 2.89. The molecule has 0 aliphatic rings. The number of aromatic carboxylic acids is 1. The van der Waals surface area contributed by atoms with E-state index in [1.807, 2.05) is 6.92 Å². The number of urea groups is 1. The summed E-state index contributed by atoms with van der Waals surface area (Å²) < 4.78 is 13.2. The fourth-order valence-electron chi connectivity index (χ4n) is 1.79. The highest BCUT2D eigenvalue weighted by atomic mass is 19.1. The van der Waals surface area contributed by atoms with Crippen molar-refractivity contribution in [1.82, 2.24) is 4.90 Å². The Balaban J connectivity index is 2.89. The van der Waals surface area contributed by atoms with Crippen LogP contribution in [0.4, 0.5) is 14.9 Å². The Morgan fingerprint density at radius 1 is 1.33 bits per heavy atom. The van der Waals surface area contributed by atoms with Gasteiger partial charge in [0.05, 0.1) is 17.9 Å². The van der Waals surface area contributed by atoms with Crippen LogP contribution in [0.25, 0.3) is 0 Å². The van der Waals surface area contributed by atoms with Crippen molar-refractivity contribution in [2.75, 3.05) is 25.0 Å². The van der Waals surface area contributed by atoms with Gasteiger partial charge in [-0.25, -0.2) is 14.0 Å². The van der Waals surface area contributed by atoms with Gasteiger partial charge >= 0.3 is 12.0 Å². The molecule has 21 heavy (non-hydrogen) atoms. The van der Waals surface area contributed by atoms with Gasteiger partial charge in [-0.1, -0.05) is 13.3 Å². The minimum atomic E-state index is -1.26. The van der Waals surface area contributed by atoms with Gasteiger partial charge in [0.1, 0.15) is 5.82 Å². The van der Waals surface area contributed by atoms with E-state index in [9.17, 15) is 14.0 Å². The van der Waals surface area contributed by atoms with E-state index >= 15 is 0 Å². The van der Waals surface area contributed by atoms with Crippen molar-refractivity contribution in [3.63, 3.8) is 0 Å². The van der Waals surface area contributed by atoms with E-state index in [0.29, 0.717) is 6.54 Å². The number of carboxylic acids is 1. The quantitative estimate of drug-likeness (QED) is 0.719. The van der Waals surface area contributed by atoms with Gasteiger partial charge in [-0.2, -0.15) is 0 Å². The lowest BCUT2D eigenvalue weighted by Gasteiger charge is -2.22. The fraction of sp³-hybridized carbons (Fsp3) is 0.429. The molecule has 0 atom stereocenters. The first kappa shape index (κ1) is 16.9. The Kier molecular flexibility index (Phi) is 6.61. The van der Waals surface area contributed by atoms with Crippen molar-refractivity contribution in [2.45, 2.75) is 19.8 Å². The van der Waals surface area contributed by atoms with E-state index in [-0.39, 0.29) is 24.4 Å². The number of rotatable bonds is 7. The van der Waals surface area contributed by atoms with Crippen molar-refractivity contribution in [1.29, 1.82) is 0 Å². The number of benzene rings is 1. The van der Waals surface area contributed by atoms with Crippen LogP contribution in [0.2, 0.25) is 0 Å². The lowest BCUT2D eigenvalue weighted by atomic mass is 10.1. The summed E-state index contributed by atoms with van der Waals surface area (Å²) in [6, 6.07) is 2.50. The monoisotopic (exact) mass is 298 g/mol. The van der Waals surface area contributed by atoms with Crippen LogP contribution in [-0.4, -0.2) is 46.8 Å². The van der Waals surface area contributed by atoms with Crippen LogP contribution in [0.3, 0.4) is 0 Å². The molecule has 7 heteroatoms. The maximum absolute atomic E-state index is 13.2. The molecule has 116 valence electrons. The largest absolute Gasteiger partial charge is 0.478 e. The zero-order valence-corrected chi connectivity index (χ0v) is 11.8. The Labute approximate surface area is 122 Å². The SMILES string of the molecule is CCCCN(CCO)C(=O)Nc1cc(F)ccc1C(=O)O. The smallest absolute Gasteiger partial charge is 0.337 e. The predicted octanol–water partition coefficient (Wildman–Crippen LogP) is 2.15. The maximum Gasteiger partial charge on any atom is 0.337 e. The zero-order valence-electron chi connectivity index (χ0n) is 11.8. The summed E-state index contributed by atoms with van der Waals surface area (Å²) in [5, 5.41) is 20.4. The molecule has 6 nitrogen and oxygen atoms in total. The van der Waals surface area contributed by atoms with Crippen LogP contribution in [0, 0.1) is 5.82 Å². The van der Waals surface area contributed by atoms with E-state index in [4.69, 9.17) is 10.2 Å². The molecule has 0 heterocycles. The average molecular weight is 298 g/mol. The third-order valence-corrected chi connectivity index (χ3v) is 2.89. The Bertz CT molecular complexity index is 508. The van der Waals surface area contributed by atoms with Gasteiger partial charge in [0.25, 0.3) is 0 Å². The van der Waals surface area contributed by atoms with Gasteiger partial charge in [-0.05, 0) is 24.6 Å². The number of anilines is 1. The van der Waals surface area contributed by atoms with Crippen LogP contribution >= 0.6 is 0 Å². The number of nitrogens with one attached hydrogen (secondary N) is 1. The summed E-state index contributed by atoms with van der Waals surface area (Å²) in [5.74, 6) is -1.90.